The van der Waals surface area contributed by atoms with E-state index in [-0.39, 0.29) is 0 Å². The number of halogens is 2. The third kappa shape index (κ3) is 3.98. The zero-order chi connectivity index (χ0) is 13.1. The summed E-state index contributed by atoms with van der Waals surface area (Å²) < 4.78 is 2.42. The van der Waals surface area contributed by atoms with E-state index in [2.05, 4.69) is 82.0 Å². The minimum Gasteiger partial charge on any atom is -0.384 e. The highest BCUT2D eigenvalue weighted by Crippen LogP contribution is 2.29. The lowest BCUT2D eigenvalue weighted by atomic mass is 9.84. The van der Waals surface area contributed by atoms with Crippen molar-refractivity contribution >= 4 is 44.2 Å². The van der Waals surface area contributed by atoms with Crippen LogP contribution in [0.2, 0.25) is 0 Å². The minimum absolute atomic E-state index is 0.729. The molecule has 0 aliphatic heterocycles. The molecule has 0 fully saturated rings. The van der Waals surface area contributed by atoms with E-state index in [0.29, 0.717) is 0 Å². The molecule has 2 atom stereocenters. The molecule has 1 nitrogen and oxygen atoms in total. The summed E-state index contributed by atoms with van der Waals surface area (Å²) in [5.41, 5.74) is 2.79. The third-order valence-electron chi connectivity index (χ3n) is 3.39. The average Bonchev–Trinajstić information content (AvgIpc) is 2.29. The molecule has 0 saturated carbocycles. The van der Waals surface area contributed by atoms with Crippen LogP contribution in [-0.2, 0) is 0 Å². The van der Waals surface area contributed by atoms with E-state index < -0.39 is 0 Å². The monoisotopic (exact) mass is 419 g/mol. The molecule has 1 aromatic carbocycles. The normalized spacial score (nSPS) is 23.7. The highest BCUT2D eigenvalue weighted by molar-refractivity contribution is 14.1. The SMILES string of the molecule is CC1=CC(C)CC(CNc2cc(Br)ccc2I)C1. The molecule has 1 aliphatic carbocycles. The van der Waals surface area contributed by atoms with Crippen LogP contribution in [0.5, 0.6) is 0 Å². The van der Waals surface area contributed by atoms with Crippen molar-refractivity contribution in [2.75, 3.05) is 11.9 Å². The number of anilines is 1. The van der Waals surface area contributed by atoms with E-state index in [0.717, 1.165) is 22.9 Å². The first-order chi connectivity index (χ1) is 8.54. The summed E-state index contributed by atoms with van der Waals surface area (Å²) in [5.74, 6) is 1.49. The first-order valence-corrected chi connectivity index (χ1v) is 8.28. The quantitative estimate of drug-likeness (QED) is 0.506. The molecule has 2 rings (SSSR count). The number of hydrogen-bond acceptors (Lipinski definition) is 1. The maximum atomic E-state index is 3.60. The predicted molar refractivity (Wildman–Crippen MR) is 91.0 cm³/mol. The Morgan fingerprint density at radius 2 is 2.22 bits per heavy atom. The van der Waals surface area contributed by atoms with Crippen LogP contribution in [0.25, 0.3) is 0 Å². The van der Waals surface area contributed by atoms with E-state index in [9.17, 15) is 0 Å². The smallest absolute Gasteiger partial charge is 0.0487 e. The van der Waals surface area contributed by atoms with Gasteiger partial charge in [0.15, 0.2) is 0 Å². The molecule has 0 spiro atoms. The summed E-state index contributed by atoms with van der Waals surface area (Å²) in [5, 5.41) is 3.60. The maximum absolute atomic E-state index is 3.60. The minimum atomic E-state index is 0.729. The molecule has 1 N–H and O–H groups in total. The Morgan fingerprint density at radius 1 is 1.44 bits per heavy atom. The Labute approximate surface area is 132 Å². The van der Waals surface area contributed by atoms with Crippen LogP contribution >= 0.6 is 38.5 Å². The molecule has 18 heavy (non-hydrogen) atoms. The Kier molecular flexibility index (Phi) is 5.13. The van der Waals surface area contributed by atoms with Crippen LogP contribution < -0.4 is 5.32 Å². The van der Waals surface area contributed by atoms with Crippen molar-refractivity contribution in [2.45, 2.75) is 26.7 Å². The second-order valence-corrected chi connectivity index (χ2v) is 7.38. The van der Waals surface area contributed by atoms with Gasteiger partial charge in [0.2, 0.25) is 0 Å². The fourth-order valence-electron chi connectivity index (χ4n) is 2.73. The summed E-state index contributed by atoms with van der Waals surface area (Å²) >= 11 is 5.91. The molecule has 0 radical (unpaired) electrons. The van der Waals surface area contributed by atoms with Crippen molar-refractivity contribution in [3.05, 3.63) is 37.9 Å². The average molecular weight is 420 g/mol. The van der Waals surface area contributed by atoms with Gasteiger partial charge in [0, 0.05) is 20.3 Å². The second-order valence-electron chi connectivity index (χ2n) is 5.30. The van der Waals surface area contributed by atoms with Gasteiger partial charge in [-0.15, -0.1) is 0 Å². The van der Waals surface area contributed by atoms with Crippen molar-refractivity contribution in [1.82, 2.24) is 0 Å². The maximum Gasteiger partial charge on any atom is 0.0487 e. The van der Waals surface area contributed by atoms with Crippen LogP contribution in [0.1, 0.15) is 26.7 Å². The Hall–Kier alpha value is -0.0300. The largest absolute Gasteiger partial charge is 0.384 e. The van der Waals surface area contributed by atoms with E-state index in [4.69, 9.17) is 0 Å². The van der Waals surface area contributed by atoms with E-state index in [1.165, 1.54) is 22.1 Å². The van der Waals surface area contributed by atoms with Crippen molar-refractivity contribution in [3.8, 4) is 0 Å². The lowest BCUT2D eigenvalue weighted by molar-refractivity contribution is 0.421. The predicted octanol–water partition coefficient (Wildman–Crippen LogP) is 5.46. The summed E-state index contributed by atoms with van der Waals surface area (Å²) in [6, 6.07) is 6.39. The van der Waals surface area contributed by atoms with Gasteiger partial charge >= 0.3 is 0 Å². The van der Waals surface area contributed by atoms with Gasteiger partial charge in [-0.25, -0.2) is 0 Å². The van der Waals surface area contributed by atoms with Gasteiger partial charge in [-0.2, -0.15) is 0 Å². The van der Waals surface area contributed by atoms with E-state index >= 15 is 0 Å². The van der Waals surface area contributed by atoms with Crippen LogP contribution in [0.3, 0.4) is 0 Å². The molecule has 3 heteroatoms. The summed E-state index contributed by atoms with van der Waals surface area (Å²) in [4.78, 5) is 0. The second kappa shape index (κ2) is 6.42. The Morgan fingerprint density at radius 3 is 2.94 bits per heavy atom. The number of hydrogen-bond donors (Lipinski definition) is 1. The summed E-state index contributed by atoms with van der Waals surface area (Å²) in [6.07, 6.45) is 4.95. The molecule has 1 aromatic rings. The van der Waals surface area contributed by atoms with Crippen LogP contribution in [-0.4, -0.2) is 6.54 Å². The lowest BCUT2D eigenvalue weighted by Crippen LogP contribution is -2.20. The molecule has 0 heterocycles. The first kappa shape index (κ1) is 14.4. The van der Waals surface area contributed by atoms with Crippen molar-refractivity contribution in [3.63, 3.8) is 0 Å². The number of nitrogens with one attached hydrogen (secondary N) is 1. The summed E-state index contributed by atoms with van der Waals surface area (Å²) in [7, 11) is 0. The van der Waals surface area contributed by atoms with Crippen molar-refractivity contribution in [2.24, 2.45) is 11.8 Å². The third-order valence-corrected chi connectivity index (χ3v) is 4.83. The molecule has 0 amide bonds. The molecule has 0 aromatic heterocycles. The van der Waals surface area contributed by atoms with E-state index in [1.807, 2.05) is 0 Å². The highest BCUT2D eigenvalue weighted by Gasteiger charge is 2.17. The van der Waals surface area contributed by atoms with Gasteiger partial charge in [0.1, 0.15) is 0 Å². The number of rotatable bonds is 3. The van der Waals surface area contributed by atoms with E-state index in [1.54, 1.807) is 5.57 Å². The molecular weight excluding hydrogens is 401 g/mol. The van der Waals surface area contributed by atoms with Gasteiger partial charge in [-0.3, -0.25) is 0 Å². The Bertz CT molecular complexity index is 456. The first-order valence-electron chi connectivity index (χ1n) is 6.41. The molecule has 98 valence electrons. The van der Waals surface area contributed by atoms with Gasteiger partial charge in [0.25, 0.3) is 0 Å². The zero-order valence-corrected chi connectivity index (χ0v) is 14.6. The van der Waals surface area contributed by atoms with Gasteiger partial charge in [0.05, 0.1) is 0 Å². The summed E-state index contributed by atoms with van der Waals surface area (Å²) in [6.45, 7) is 5.64. The molecule has 1 aliphatic rings. The standard InChI is InChI=1S/C15H19BrIN/c1-10-5-11(2)7-12(6-10)9-18-15-8-13(16)3-4-14(15)17/h3-5,8,10,12,18H,6-7,9H2,1-2H3. The topological polar surface area (TPSA) is 12.0 Å². The Balaban J connectivity index is 1.96. The lowest BCUT2D eigenvalue weighted by Gasteiger charge is -2.26. The van der Waals surface area contributed by atoms with Crippen LogP contribution in [0.15, 0.2) is 34.3 Å². The van der Waals surface area contributed by atoms with Gasteiger partial charge in [-0.1, -0.05) is 34.5 Å². The van der Waals surface area contributed by atoms with Crippen molar-refractivity contribution in [1.29, 1.82) is 0 Å². The number of allylic oxidation sites excluding steroid dienone is 2. The fourth-order valence-corrected chi connectivity index (χ4v) is 3.62. The highest BCUT2D eigenvalue weighted by atomic mass is 127. The molecule has 2 unspecified atom stereocenters. The number of benzene rings is 1. The fraction of sp³-hybridized carbons (Fsp3) is 0.467. The van der Waals surface area contributed by atoms with Crippen molar-refractivity contribution < 1.29 is 0 Å². The van der Waals surface area contributed by atoms with Gasteiger partial charge < -0.3 is 5.32 Å². The molecular formula is C15H19BrIN. The van der Waals surface area contributed by atoms with Gasteiger partial charge in [-0.05, 0) is 72.4 Å². The zero-order valence-electron chi connectivity index (χ0n) is 10.8. The molecule has 0 saturated heterocycles. The molecule has 0 bridgehead atoms. The van der Waals surface area contributed by atoms with Crippen LogP contribution in [0, 0.1) is 15.4 Å². The van der Waals surface area contributed by atoms with Crippen LogP contribution in [0.4, 0.5) is 5.69 Å².